The summed E-state index contributed by atoms with van der Waals surface area (Å²) in [6, 6.07) is 3.45. The molecule has 1 amide bonds. The molecule has 1 aromatic heterocycles. The third-order valence-electron chi connectivity index (χ3n) is 4.45. The number of carbonyl (C=O) groups excluding carboxylic acids is 1. The highest BCUT2D eigenvalue weighted by Crippen LogP contribution is 2.24. The Labute approximate surface area is 144 Å². The molecule has 1 aliphatic heterocycles. The largest absolute Gasteiger partial charge is 0.441 e. The van der Waals surface area contributed by atoms with Crippen LogP contribution in [0.4, 0.5) is 8.78 Å². The van der Waals surface area contributed by atoms with E-state index in [4.69, 9.17) is 4.42 Å². The molecule has 0 aliphatic carbocycles. The molecule has 0 spiro atoms. The highest BCUT2D eigenvalue weighted by Gasteiger charge is 2.22. The SMILES string of the molecule is CC1CNCCC1NC(=O)CCc1ncc(-c2ccc(F)cc2F)o1. The van der Waals surface area contributed by atoms with Crippen molar-refractivity contribution in [3.63, 3.8) is 0 Å². The van der Waals surface area contributed by atoms with Gasteiger partial charge in [-0.1, -0.05) is 6.92 Å². The summed E-state index contributed by atoms with van der Waals surface area (Å²) >= 11 is 0. The van der Waals surface area contributed by atoms with Gasteiger partial charge in [0.05, 0.1) is 11.8 Å². The number of hydrogen-bond acceptors (Lipinski definition) is 4. The molecular formula is C18H21F2N3O2. The topological polar surface area (TPSA) is 67.2 Å². The summed E-state index contributed by atoms with van der Waals surface area (Å²) < 4.78 is 32.2. The number of nitrogens with one attached hydrogen (secondary N) is 2. The van der Waals surface area contributed by atoms with Gasteiger partial charge in [0.25, 0.3) is 0 Å². The van der Waals surface area contributed by atoms with Gasteiger partial charge >= 0.3 is 0 Å². The summed E-state index contributed by atoms with van der Waals surface area (Å²) in [7, 11) is 0. The van der Waals surface area contributed by atoms with E-state index in [1.165, 1.54) is 12.3 Å². The summed E-state index contributed by atoms with van der Waals surface area (Å²) in [5.74, 6) is -0.434. The first-order chi connectivity index (χ1) is 12.0. The van der Waals surface area contributed by atoms with Crippen LogP contribution in [-0.2, 0) is 11.2 Å². The monoisotopic (exact) mass is 349 g/mol. The van der Waals surface area contributed by atoms with Crippen molar-refractivity contribution in [1.29, 1.82) is 0 Å². The van der Waals surface area contributed by atoms with Crippen LogP contribution < -0.4 is 10.6 Å². The van der Waals surface area contributed by atoms with Crippen molar-refractivity contribution in [2.45, 2.75) is 32.2 Å². The van der Waals surface area contributed by atoms with Crippen LogP contribution in [0.1, 0.15) is 25.7 Å². The lowest BCUT2D eigenvalue weighted by molar-refractivity contribution is -0.122. The van der Waals surface area contributed by atoms with E-state index in [2.05, 4.69) is 22.5 Å². The van der Waals surface area contributed by atoms with E-state index in [0.717, 1.165) is 31.6 Å². The summed E-state index contributed by atoms with van der Waals surface area (Å²) in [5, 5.41) is 6.33. The molecule has 1 aliphatic rings. The Morgan fingerprint density at radius 3 is 3.04 bits per heavy atom. The fourth-order valence-corrected chi connectivity index (χ4v) is 2.97. The molecule has 1 aromatic carbocycles. The number of halogens is 2. The average Bonchev–Trinajstić information content (AvgIpc) is 3.04. The predicted octanol–water partition coefficient (Wildman–Crippen LogP) is 2.67. The third-order valence-corrected chi connectivity index (χ3v) is 4.45. The van der Waals surface area contributed by atoms with Gasteiger partial charge in [-0.15, -0.1) is 0 Å². The lowest BCUT2D eigenvalue weighted by Crippen LogP contribution is -2.48. The zero-order chi connectivity index (χ0) is 17.8. The molecule has 0 bridgehead atoms. The second-order valence-corrected chi connectivity index (χ2v) is 6.39. The Morgan fingerprint density at radius 2 is 2.28 bits per heavy atom. The zero-order valence-electron chi connectivity index (χ0n) is 14.0. The maximum atomic E-state index is 13.8. The Kier molecular flexibility index (Phi) is 5.43. The van der Waals surface area contributed by atoms with Gasteiger partial charge in [-0.05, 0) is 37.6 Å². The summed E-state index contributed by atoms with van der Waals surface area (Å²) in [6.07, 6.45) is 2.88. The van der Waals surface area contributed by atoms with Crippen LogP contribution in [0, 0.1) is 17.6 Å². The molecule has 2 unspecified atom stereocenters. The lowest BCUT2D eigenvalue weighted by Gasteiger charge is -2.30. The van der Waals surface area contributed by atoms with Gasteiger partial charge in [0.1, 0.15) is 11.6 Å². The minimum absolute atomic E-state index is 0.0496. The molecule has 0 radical (unpaired) electrons. The molecule has 1 fully saturated rings. The third kappa shape index (κ3) is 4.42. The number of oxazole rings is 1. The van der Waals surface area contributed by atoms with Gasteiger partial charge in [0.2, 0.25) is 5.91 Å². The van der Waals surface area contributed by atoms with E-state index >= 15 is 0 Å². The Morgan fingerprint density at radius 1 is 1.44 bits per heavy atom. The molecule has 25 heavy (non-hydrogen) atoms. The standard InChI is InChI=1S/C18H21F2N3O2/c1-11-9-21-7-6-15(11)23-17(24)4-5-18-22-10-16(25-18)13-3-2-12(19)8-14(13)20/h2-3,8,10-11,15,21H,4-7,9H2,1H3,(H,23,24). The number of rotatable bonds is 5. The van der Waals surface area contributed by atoms with Crippen LogP contribution >= 0.6 is 0 Å². The van der Waals surface area contributed by atoms with Crippen LogP contribution in [0.2, 0.25) is 0 Å². The van der Waals surface area contributed by atoms with Crippen molar-refractivity contribution in [2.24, 2.45) is 5.92 Å². The van der Waals surface area contributed by atoms with Gasteiger partial charge in [-0.2, -0.15) is 0 Å². The molecule has 2 atom stereocenters. The van der Waals surface area contributed by atoms with Gasteiger partial charge < -0.3 is 15.1 Å². The van der Waals surface area contributed by atoms with Gasteiger partial charge in [0.15, 0.2) is 11.7 Å². The minimum atomic E-state index is -0.708. The van der Waals surface area contributed by atoms with Gasteiger partial charge in [-0.25, -0.2) is 13.8 Å². The smallest absolute Gasteiger partial charge is 0.220 e. The second kappa shape index (κ2) is 7.74. The Balaban J connectivity index is 1.55. The fourth-order valence-electron chi connectivity index (χ4n) is 2.97. The van der Waals surface area contributed by atoms with Crippen molar-refractivity contribution in [1.82, 2.24) is 15.6 Å². The van der Waals surface area contributed by atoms with E-state index in [-0.39, 0.29) is 29.7 Å². The van der Waals surface area contributed by atoms with Gasteiger partial charge in [0, 0.05) is 24.9 Å². The highest BCUT2D eigenvalue weighted by atomic mass is 19.1. The van der Waals surface area contributed by atoms with Crippen LogP contribution in [0.25, 0.3) is 11.3 Å². The number of amides is 1. The van der Waals surface area contributed by atoms with Gasteiger partial charge in [-0.3, -0.25) is 4.79 Å². The van der Waals surface area contributed by atoms with Crippen molar-refractivity contribution >= 4 is 5.91 Å². The highest BCUT2D eigenvalue weighted by molar-refractivity contribution is 5.76. The molecule has 5 nitrogen and oxygen atoms in total. The van der Waals surface area contributed by atoms with E-state index in [1.807, 2.05) is 0 Å². The summed E-state index contributed by atoms with van der Waals surface area (Å²) in [5.41, 5.74) is 0.146. The van der Waals surface area contributed by atoms with Crippen LogP contribution in [0.15, 0.2) is 28.8 Å². The molecule has 3 rings (SSSR count). The molecule has 1 saturated heterocycles. The molecule has 2 heterocycles. The van der Waals surface area contributed by atoms with Crippen molar-refractivity contribution in [2.75, 3.05) is 13.1 Å². The number of benzene rings is 1. The second-order valence-electron chi connectivity index (χ2n) is 6.39. The lowest BCUT2D eigenvalue weighted by atomic mass is 9.95. The normalized spacial score (nSPS) is 20.4. The fraction of sp³-hybridized carbons (Fsp3) is 0.444. The first-order valence-electron chi connectivity index (χ1n) is 8.43. The minimum Gasteiger partial charge on any atom is -0.441 e. The predicted molar refractivity (Wildman–Crippen MR) is 88.8 cm³/mol. The number of piperidine rings is 1. The Hall–Kier alpha value is -2.28. The molecular weight excluding hydrogens is 328 g/mol. The van der Waals surface area contributed by atoms with E-state index in [0.29, 0.717) is 18.2 Å². The first-order valence-corrected chi connectivity index (χ1v) is 8.43. The quantitative estimate of drug-likeness (QED) is 0.871. The summed E-state index contributed by atoms with van der Waals surface area (Å²) in [4.78, 5) is 16.2. The summed E-state index contributed by atoms with van der Waals surface area (Å²) in [6.45, 7) is 3.91. The number of aromatic nitrogens is 1. The van der Waals surface area contributed by atoms with Crippen molar-refractivity contribution in [3.05, 3.63) is 41.9 Å². The molecule has 2 aromatic rings. The number of aryl methyl sites for hydroxylation is 1. The molecule has 2 N–H and O–H groups in total. The van der Waals surface area contributed by atoms with E-state index in [9.17, 15) is 13.6 Å². The zero-order valence-corrected chi connectivity index (χ0v) is 14.0. The van der Waals surface area contributed by atoms with E-state index < -0.39 is 11.6 Å². The molecule has 0 saturated carbocycles. The maximum absolute atomic E-state index is 13.8. The molecule has 134 valence electrons. The number of carbonyl (C=O) groups is 1. The first kappa shape index (κ1) is 17.5. The Bertz CT molecular complexity index is 748. The van der Waals surface area contributed by atoms with Crippen molar-refractivity contribution < 1.29 is 18.0 Å². The van der Waals surface area contributed by atoms with Crippen LogP contribution in [0.5, 0.6) is 0 Å². The van der Waals surface area contributed by atoms with E-state index in [1.54, 1.807) is 0 Å². The van der Waals surface area contributed by atoms with Crippen molar-refractivity contribution in [3.8, 4) is 11.3 Å². The molecule has 7 heteroatoms. The average molecular weight is 349 g/mol. The van der Waals surface area contributed by atoms with Crippen LogP contribution in [0.3, 0.4) is 0 Å². The van der Waals surface area contributed by atoms with Crippen LogP contribution in [-0.4, -0.2) is 30.0 Å². The number of hydrogen-bond donors (Lipinski definition) is 2. The number of nitrogens with zero attached hydrogens (tertiary/aromatic N) is 1. The maximum Gasteiger partial charge on any atom is 0.220 e.